The predicted octanol–water partition coefficient (Wildman–Crippen LogP) is 4.31. The summed E-state index contributed by atoms with van der Waals surface area (Å²) >= 11 is 0. The van der Waals surface area contributed by atoms with Crippen molar-refractivity contribution < 1.29 is 23.8 Å². The Morgan fingerprint density at radius 3 is 2.41 bits per heavy atom. The molecular weight excluding hydrogens is 432 g/mol. The van der Waals surface area contributed by atoms with Gasteiger partial charge in [-0.2, -0.15) is 0 Å². The third-order valence-corrected chi connectivity index (χ3v) is 5.08. The predicted molar refractivity (Wildman–Crippen MR) is 130 cm³/mol. The lowest BCUT2D eigenvalue weighted by Crippen LogP contribution is -2.35. The lowest BCUT2D eigenvalue weighted by molar-refractivity contribution is -0.117. The van der Waals surface area contributed by atoms with E-state index in [-0.39, 0.29) is 5.57 Å². The van der Waals surface area contributed by atoms with Crippen LogP contribution in [0.1, 0.15) is 18.1 Å². The number of benzene rings is 3. The molecule has 174 valence electrons. The normalized spacial score (nSPS) is 14.3. The summed E-state index contributed by atoms with van der Waals surface area (Å²) in [6, 6.07) is 22.1. The van der Waals surface area contributed by atoms with E-state index in [4.69, 9.17) is 14.2 Å². The van der Waals surface area contributed by atoms with E-state index in [9.17, 15) is 9.59 Å². The Labute approximate surface area is 198 Å². The zero-order valence-corrected chi connectivity index (χ0v) is 19.1. The van der Waals surface area contributed by atoms with Crippen molar-refractivity contribution in [2.75, 3.05) is 24.8 Å². The molecule has 0 unspecified atom stereocenters. The summed E-state index contributed by atoms with van der Waals surface area (Å²) < 4.78 is 17.3. The number of hydrazine groups is 1. The number of carbonyl (C=O) groups is 2. The number of rotatable bonds is 9. The third kappa shape index (κ3) is 5.38. The third-order valence-electron chi connectivity index (χ3n) is 5.08. The summed E-state index contributed by atoms with van der Waals surface area (Å²) in [5.41, 5.74) is 5.02. The Hall–Kier alpha value is -4.26. The summed E-state index contributed by atoms with van der Waals surface area (Å²) in [6.45, 7) is 5.04. The lowest BCUT2D eigenvalue weighted by Gasteiger charge is -2.14. The highest BCUT2D eigenvalue weighted by atomic mass is 16.5. The topological polar surface area (TPSA) is 77.1 Å². The zero-order chi connectivity index (χ0) is 23.9. The Morgan fingerprint density at radius 1 is 0.853 bits per heavy atom. The standard InChI is InChI=1S/C27H26N2O5/c1-3-32-25-18-20(12-13-24(25)34-15-14-33-22-11-7-8-19(2)16-22)17-23-26(30)28-29(27(23)31)21-9-5-4-6-10-21/h4-13,16-18H,3,14-15H2,1-2H3,(H,28,30)/b23-17+. The molecule has 0 bridgehead atoms. The number of hydrogen-bond donors (Lipinski definition) is 1. The van der Waals surface area contributed by atoms with Crippen LogP contribution in [0.15, 0.2) is 78.4 Å². The van der Waals surface area contributed by atoms with Crippen molar-refractivity contribution in [3.8, 4) is 17.2 Å². The van der Waals surface area contributed by atoms with Crippen LogP contribution in [-0.4, -0.2) is 31.6 Å². The summed E-state index contributed by atoms with van der Waals surface area (Å²) in [5.74, 6) is 1.01. The molecule has 1 fully saturated rings. The minimum atomic E-state index is -0.458. The monoisotopic (exact) mass is 458 g/mol. The van der Waals surface area contributed by atoms with E-state index in [1.165, 1.54) is 5.01 Å². The molecule has 0 saturated carbocycles. The minimum absolute atomic E-state index is 0.0477. The molecule has 1 heterocycles. The van der Waals surface area contributed by atoms with Crippen LogP contribution in [-0.2, 0) is 9.59 Å². The van der Waals surface area contributed by atoms with E-state index in [0.717, 1.165) is 11.3 Å². The number of carbonyl (C=O) groups excluding carboxylic acids is 2. The SMILES string of the molecule is CCOc1cc(/C=C2\C(=O)NN(c3ccccc3)C2=O)ccc1OCCOc1cccc(C)c1. The first-order chi connectivity index (χ1) is 16.5. The van der Waals surface area contributed by atoms with Gasteiger partial charge in [-0.1, -0.05) is 36.4 Å². The fourth-order valence-electron chi connectivity index (χ4n) is 3.50. The molecule has 1 N–H and O–H groups in total. The van der Waals surface area contributed by atoms with Gasteiger partial charge >= 0.3 is 0 Å². The minimum Gasteiger partial charge on any atom is -0.490 e. The van der Waals surface area contributed by atoms with Gasteiger partial charge in [0.2, 0.25) is 0 Å². The molecule has 3 aromatic rings. The molecule has 4 rings (SSSR count). The molecule has 1 aliphatic heterocycles. The average Bonchev–Trinajstić information content (AvgIpc) is 3.12. The first-order valence-corrected chi connectivity index (χ1v) is 11.1. The van der Waals surface area contributed by atoms with Crippen LogP contribution in [0.5, 0.6) is 17.2 Å². The van der Waals surface area contributed by atoms with Crippen molar-refractivity contribution in [1.82, 2.24) is 5.43 Å². The molecule has 34 heavy (non-hydrogen) atoms. The Bertz CT molecular complexity index is 1210. The van der Waals surface area contributed by atoms with Crippen molar-refractivity contribution in [1.29, 1.82) is 0 Å². The smallest absolute Gasteiger partial charge is 0.282 e. The van der Waals surface area contributed by atoms with Crippen molar-refractivity contribution >= 4 is 23.6 Å². The van der Waals surface area contributed by atoms with E-state index in [1.807, 2.05) is 44.2 Å². The fourth-order valence-corrected chi connectivity index (χ4v) is 3.50. The number of aryl methyl sites for hydroxylation is 1. The molecule has 1 saturated heterocycles. The van der Waals surface area contributed by atoms with E-state index in [0.29, 0.717) is 42.6 Å². The second-order valence-electron chi connectivity index (χ2n) is 7.63. The van der Waals surface area contributed by atoms with Crippen molar-refractivity contribution in [2.45, 2.75) is 13.8 Å². The van der Waals surface area contributed by atoms with Gasteiger partial charge in [0, 0.05) is 0 Å². The van der Waals surface area contributed by atoms with Crippen molar-refractivity contribution in [3.63, 3.8) is 0 Å². The second kappa shape index (κ2) is 10.6. The Balaban J connectivity index is 1.45. The van der Waals surface area contributed by atoms with Crippen LogP contribution in [0.3, 0.4) is 0 Å². The van der Waals surface area contributed by atoms with Crippen LogP contribution in [0.25, 0.3) is 6.08 Å². The second-order valence-corrected chi connectivity index (χ2v) is 7.63. The summed E-state index contributed by atoms with van der Waals surface area (Å²) in [4.78, 5) is 25.3. The van der Waals surface area contributed by atoms with Crippen molar-refractivity contribution in [3.05, 3.63) is 89.5 Å². The lowest BCUT2D eigenvalue weighted by atomic mass is 10.1. The van der Waals surface area contributed by atoms with Crippen LogP contribution < -0.4 is 24.6 Å². The molecule has 7 heteroatoms. The molecule has 3 aromatic carbocycles. The Kier molecular flexibility index (Phi) is 7.13. The van der Waals surface area contributed by atoms with Crippen LogP contribution in [0, 0.1) is 6.92 Å². The molecular formula is C27H26N2O5. The molecule has 0 radical (unpaired) electrons. The fraction of sp³-hybridized carbons (Fsp3) is 0.185. The van der Waals surface area contributed by atoms with Gasteiger partial charge in [0.05, 0.1) is 12.3 Å². The maximum absolute atomic E-state index is 12.8. The van der Waals surface area contributed by atoms with Gasteiger partial charge in [-0.05, 0) is 67.4 Å². The maximum Gasteiger partial charge on any atom is 0.282 e. The van der Waals surface area contributed by atoms with Crippen LogP contribution in [0.2, 0.25) is 0 Å². The van der Waals surface area contributed by atoms with Gasteiger partial charge in [-0.25, -0.2) is 5.01 Å². The van der Waals surface area contributed by atoms with Gasteiger partial charge < -0.3 is 14.2 Å². The largest absolute Gasteiger partial charge is 0.490 e. The summed E-state index contributed by atoms with van der Waals surface area (Å²) in [6.07, 6.45) is 1.55. The molecule has 0 spiro atoms. The first-order valence-electron chi connectivity index (χ1n) is 11.1. The number of amides is 2. The quantitative estimate of drug-likeness (QED) is 0.294. The number of hydrogen-bond acceptors (Lipinski definition) is 5. The number of nitrogens with zero attached hydrogens (tertiary/aromatic N) is 1. The number of ether oxygens (including phenoxy) is 3. The highest BCUT2D eigenvalue weighted by Gasteiger charge is 2.34. The van der Waals surface area contributed by atoms with E-state index in [2.05, 4.69) is 5.43 Å². The van der Waals surface area contributed by atoms with Gasteiger partial charge in [-0.3, -0.25) is 15.0 Å². The van der Waals surface area contributed by atoms with E-state index >= 15 is 0 Å². The van der Waals surface area contributed by atoms with Crippen molar-refractivity contribution in [2.24, 2.45) is 0 Å². The van der Waals surface area contributed by atoms with Crippen LogP contribution >= 0.6 is 0 Å². The zero-order valence-electron chi connectivity index (χ0n) is 19.1. The summed E-state index contributed by atoms with van der Waals surface area (Å²) in [7, 11) is 0. The number of nitrogens with one attached hydrogen (secondary N) is 1. The van der Waals surface area contributed by atoms with Gasteiger partial charge in [0.15, 0.2) is 11.5 Å². The highest BCUT2D eigenvalue weighted by Crippen LogP contribution is 2.30. The van der Waals surface area contributed by atoms with Gasteiger partial charge in [0.1, 0.15) is 24.5 Å². The van der Waals surface area contributed by atoms with E-state index < -0.39 is 11.8 Å². The molecule has 0 atom stereocenters. The maximum atomic E-state index is 12.8. The molecule has 0 aromatic heterocycles. The summed E-state index contributed by atoms with van der Waals surface area (Å²) in [5, 5.41) is 1.24. The van der Waals surface area contributed by atoms with Crippen LogP contribution in [0.4, 0.5) is 5.69 Å². The number of para-hydroxylation sites is 1. The van der Waals surface area contributed by atoms with Gasteiger partial charge in [-0.15, -0.1) is 0 Å². The molecule has 7 nitrogen and oxygen atoms in total. The average molecular weight is 459 g/mol. The first kappa shape index (κ1) is 22.9. The highest BCUT2D eigenvalue weighted by molar-refractivity contribution is 6.31. The Morgan fingerprint density at radius 2 is 1.65 bits per heavy atom. The van der Waals surface area contributed by atoms with Gasteiger partial charge in [0.25, 0.3) is 11.8 Å². The van der Waals surface area contributed by atoms with E-state index in [1.54, 1.807) is 48.5 Å². The molecule has 2 amide bonds. The molecule has 1 aliphatic rings. The number of anilines is 1. The molecule has 0 aliphatic carbocycles.